The van der Waals surface area contributed by atoms with E-state index in [1.165, 1.54) is 5.57 Å². The van der Waals surface area contributed by atoms with Gasteiger partial charge in [0.1, 0.15) is 11.3 Å². The lowest BCUT2D eigenvalue weighted by Gasteiger charge is -2.22. The summed E-state index contributed by atoms with van der Waals surface area (Å²) >= 11 is 0. The molecule has 3 nitrogen and oxygen atoms in total. The van der Waals surface area contributed by atoms with E-state index in [2.05, 4.69) is 24.4 Å². The molecule has 1 aliphatic heterocycles. The second kappa shape index (κ2) is 5.49. The molecule has 1 aromatic carbocycles. The minimum absolute atomic E-state index is 0.123. The van der Waals surface area contributed by atoms with Crippen molar-refractivity contribution in [2.24, 2.45) is 0 Å². The standard InChI is InChI=1S/C16H19NO2/c1-2-17-16(13-7-5-9-18-11-13)15-10-12-6-3-4-8-14(12)19-15/h3-4,6,8,10-11,16-17H,2,5,7,9H2,1H3. The van der Waals surface area contributed by atoms with Crippen molar-refractivity contribution in [3.8, 4) is 0 Å². The molecule has 1 aliphatic rings. The third kappa shape index (κ3) is 2.51. The summed E-state index contributed by atoms with van der Waals surface area (Å²) in [5, 5.41) is 4.64. The first-order valence-electron chi connectivity index (χ1n) is 6.91. The average molecular weight is 257 g/mol. The number of likely N-dealkylation sites (N-methyl/N-ethyl adjacent to an activating group) is 1. The Bertz CT molecular complexity index is 552. The summed E-state index contributed by atoms with van der Waals surface area (Å²) in [6.07, 6.45) is 4.03. The number of nitrogens with one attached hydrogen (secondary N) is 1. The van der Waals surface area contributed by atoms with Gasteiger partial charge in [-0.05, 0) is 37.1 Å². The van der Waals surface area contributed by atoms with Crippen molar-refractivity contribution in [3.05, 3.63) is 47.9 Å². The Kier molecular flexibility index (Phi) is 3.56. The highest BCUT2D eigenvalue weighted by Crippen LogP contribution is 2.31. The Morgan fingerprint density at radius 3 is 2.95 bits per heavy atom. The summed E-state index contributed by atoms with van der Waals surface area (Å²) in [7, 11) is 0. The number of fused-ring (bicyclic) bond motifs is 1. The molecule has 3 rings (SSSR count). The lowest BCUT2D eigenvalue weighted by molar-refractivity contribution is 0.218. The van der Waals surface area contributed by atoms with Gasteiger partial charge in [-0.25, -0.2) is 0 Å². The Morgan fingerprint density at radius 1 is 1.32 bits per heavy atom. The average Bonchev–Trinajstić information content (AvgIpc) is 2.89. The molecule has 0 saturated carbocycles. The smallest absolute Gasteiger partial charge is 0.134 e. The first-order valence-corrected chi connectivity index (χ1v) is 6.91. The van der Waals surface area contributed by atoms with Gasteiger partial charge in [0.05, 0.1) is 18.9 Å². The molecule has 19 heavy (non-hydrogen) atoms. The fourth-order valence-electron chi connectivity index (χ4n) is 2.56. The van der Waals surface area contributed by atoms with Crippen LogP contribution in [0.15, 0.2) is 46.6 Å². The van der Waals surface area contributed by atoms with E-state index in [4.69, 9.17) is 9.15 Å². The van der Waals surface area contributed by atoms with Crippen molar-refractivity contribution < 1.29 is 9.15 Å². The van der Waals surface area contributed by atoms with Crippen molar-refractivity contribution in [2.45, 2.75) is 25.8 Å². The zero-order chi connectivity index (χ0) is 13.1. The maximum Gasteiger partial charge on any atom is 0.134 e. The van der Waals surface area contributed by atoms with Crippen LogP contribution in [0.3, 0.4) is 0 Å². The van der Waals surface area contributed by atoms with Gasteiger partial charge in [-0.1, -0.05) is 25.1 Å². The molecule has 100 valence electrons. The summed E-state index contributed by atoms with van der Waals surface area (Å²) < 4.78 is 11.4. The van der Waals surface area contributed by atoms with Crippen LogP contribution < -0.4 is 5.32 Å². The summed E-state index contributed by atoms with van der Waals surface area (Å²) in [5.74, 6) is 0.972. The summed E-state index contributed by atoms with van der Waals surface area (Å²) in [6.45, 7) is 3.83. The van der Waals surface area contributed by atoms with Crippen LogP contribution in [-0.4, -0.2) is 13.2 Å². The second-order valence-corrected chi connectivity index (χ2v) is 4.84. The molecule has 0 fully saturated rings. The van der Waals surface area contributed by atoms with Gasteiger partial charge in [-0.3, -0.25) is 0 Å². The predicted octanol–water partition coefficient (Wildman–Crippen LogP) is 3.78. The third-order valence-corrected chi connectivity index (χ3v) is 3.47. The third-order valence-electron chi connectivity index (χ3n) is 3.47. The van der Waals surface area contributed by atoms with Crippen LogP contribution in [0.4, 0.5) is 0 Å². The Morgan fingerprint density at radius 2 is 2.21 bits per heavy atom. The van der Waals surface area contributed by atoms with E-state index < -0.39 is 0 Å². The maximum atomic E-state index is 5.98. The number of hydrogen-bond acceptors (Lipinski definition) is 3. The molecular formula is C16H19NO2. The number of benzene rings is 1. The van der Waals surface area contributed by atoms with Gasteiger partial charge in [0, 0.05) is 5.39 Å². The number of ether oxygens (including phenoxy) is 1. The van der Waals surface area contributed by atoms with Gasteiger partial charge in [0.2, 0.25) is 0 Å². The normalized spacial score (nSPS) is 17.0. The van der Waals surface area contributed by atoms with Crippen molar-refractivity contribution in [1.82, 2.24) is 5.32 Å². The molecular weight excluding hydrogens is 238 g/mol. The minimum Gasteiger partial charge on any atom is -0.501 e. The number of hydrogen-bond donors (Lipinski definition) is 1. The molecule has 3 heteroatoms. The topological polar surface area (TPSA) is 34.4 Å². The predicted molar refractivity (Wildman–Crippen MR) is 75.9 cm³/mol. The van der Waals surface area contributed by atoms with Crippen LogP contribution in [0.25, 0.3) is 11.0 Å². The van der Waals surface area contributed by atoms with E-state index in [1.54, 1.807) is 0 Å². The minimum atomic E-state index is 0.123. The Hall–Kier alpha value is -1.74. The highest BCUT2D eigenvalue weighted by molar-refractivity contribution is 5.77. The molecule has 0 aliphatic carbocycles. The highest BCUT2D eigenvalue weighted by atomic mass is 16.5. The van der Waals surface area contributed by atoms with E-state index in [0.29, 0.717) is 0 Å². The fraction of sp³-hybridized carbons (Fsp3) is 0.375. The van der Waals surface area contributed by atoms with Crippen LogP contribution in [0.2, 0.25) is 0 Å². The highest BCUT2D eigenvalue weighted by Gasteiger charge is 2.21. The van der Waals surface area contributed by atoms with E-state index in [9.17, 15) is 0 Å². The van der Waals surface area contributed by atoms with Gasteiger partial charge in [-0.2, -0.15) is 0 Å². The van der Waals surface area contributed by atoms with Gasteiger partial charge >= 0.3 is 0 Å². The summed E-state index contributed by atoms with van der Waals surface area (Å²) in [4.78, 5) is 0. The van der Waals surface area contributed by atoms with E-state index in [-0.39, 0.29) is 6.04 Å². The molecule has 1 unspecified atom stereocenters. The lowest BCUT2D eigenvalue weighted by atomic mass is 10.00. The Labute approximate surface area is 113 Å². The monoisotopic (exact) mass is 257 g/mol. The lowest BCUT2D eigenvalue weighted by Crippen LogP contribution is -2.23. The van der Waals surface area contributed by atoms with Crippen molar-refractivity contribution >= 4 is 11.0 Å². The quantitative estimate of drug-likeness (QED) is 0.905. The van der Waals surface area contributed by atoms with Crippen LogP contribution >= 0.6 is 0 Å². The largest absolute Gasteiger partial charge is 0.501 e. The molecule has 2 aromatic rings. The maximum absolute atomic E-state index is 5.98. The van der Waals surface area contributed by atoms with Gasteiger partial charge in [-0.15, -0.1) is 0 Å². The number of furan rings is 1. The van der Waals surface area contributed by atoms with E-state index in [0.717, 1.165) is 42.7 Å². The molecule has 2 heterocycles. The fourth-order valence-corrected chi connectivity index (χ4v) is 2.56. The first-order chi connectivity index (χ1) is 9.38. The molecule has 0 amide bonds. The SMILES string of the molecule is CCNC(C1=COCCC1)c1cc2ccccc2o1. The molecule has 1 aromatic heterocycles. The molecule has 1 N–H and O–H groups in total. The van der Waals surface area contributed by atoms with E-state index in [1.807, 2.05) is 24.5 Å². The molecule has 1 atom stereocenters. The van der Waals surface area contributed by atoms with Crippen molar-refractivity contribution in [1.29, 1.82) is 0 Å². The Balaban J connectivity index is 1.96. The van der Waals surface area contributed by atoms with Gasteiger partial charge in [0.25, 0.3) is 0 Å². The van der Waals surface area contributed by atoms with Gasteiger partial charge < -0.3 is 14.5 Å². The summed E-state index contributed by atoms with van der Waals surface area (Å²) in [6, 6.07) is 10.4. The van der Waals surface area contributed by atoms with Crippen LogP contribution in [0, 0.1) is 0 Å². The molecule has 0 saturated heterocycles. The number of rotatable bonds is 4. The second-order valence-electron chi connectivity index (χ2n) is 4.84. The molecule has 0 spiro atoms. The number of para-hydroxylation sites is 1. The molecule has 0 radical (unpaired) electrons. The first kappa shape index (κ1) is 12.3. The van der Waals surface area contributed by atoms with Gasteiger partial charge in [0.15, 0.2) is 0 Å². The van der Waals surface area contributed by atoms with Crippen LogP contribution in [0.5, 0.6) is 0 Å². The van der Waals surface area contributed by atoms with Crippen molar-refractivity contribution in [3.63, 3.8) is 0 Å². The zero-order valence-electron chi connectivity index (χ0n) is 11.2. The van der Waals surface area contributed by atoms with Crippen LogP contribution in [-0.2, 0) is 4.74 Å². The van der Waals surface area contributed by atoms with E-state index >= 15 is 0 Å². The zero-order valence-corrected chi connectivity index (χ0v) is 11.2. The molecule has 0 bridgehead atoms. The summed E-state index contributed by atoms with van der Waals surface area (Å²) in [5.41, 5.74) is 2.21. The van der Waals surface area contributed by atoms with Crippen LogP contribution in [0.1, 0.15) is 31.6 Å². The van der Waals surface area contributed by atoms with Crippen molar-refractivity contribution in [2.75, 3.05) is 13.2 Å².